The van der Waals surface area contributed by atoms with Gasteiger partial charge in [-0.1, -0.05) is 6.07 Å². The number of aliphatic hydroxyl groups is 3. The van der Waals surface area contributed by atoms with Gasteiger partial charge in [-0.2, -0.15) is 5.10 Å². The molecule has 0 saturated heterocycles. The third-order valence-electron chi connectivity index (χ3n) is 3.47. The van der Waals surface area contributed by atoms with Crippen molar-refractivity contribution in [2.75, 3.05) is 13.2 Å². The summed E-state index contributed by atoms with van der Waals surface area (Å²) in [6.45, 7) is -0.899. The fourth-order valence-corrected chi connectivity index (χ4v) is 2.37. The fraction of sp³-hybridized carbons (Fsp3) is 0.429. The van der Waals surface area contributed by atoms with E-state index in [-0.39, 0.29) is 31.7 Å². The lowest BCUT2D eigenvalue weighted by Gasteiger charge is -2.31. The van der Waals surface area contributed by atoms with Crippen molar-refractivity contribution >= 4 is 0 Å². The van der Waals surface area contributed by atoms with Crippen LogP contribution in [0.25, 0.3) is 0 Å². The first-order chi connectivity index (χ1) is 10.5. The Bertz CT molecular complexity index is 605. The van der Waals surface area contributed by atoms with E-state index in [2.05, 4.69) is 10.1 Å². The van der Waals surface area contributed by atoms with Crippen LogP contribution in [-0.2, 0) is 12.1 Å². The molecule has 1 aromatic carbocycles. The van der Waals surface area contributed by atoms with Gasteiger partial charge in [-0.15, -0.1) is 0 Å². The summed E-state index contributed by atoms with van der Waals surface area (Å²) in [6, 6.07) is 2.86. The van der Waals surface area contributed by atoms with Crippen LogP contribution in [0.1, 0.15) is 12.0 Å². The monoisotopic (exact) mass is 313 g/mol. The summed E-state index contributed by atoms with van der Waals surface area (Å²) in [5, 5.41) is 33.2. The number of aromatic nitrogens is 3. The highest BCUT2D eigenvalue weighted by Gasteiger charge is 2.35. The molecule has 1 heterocycles. The Morgan fingerprint density at radius 3 is 2.50 bits per heavy atom. The molecule has 0 radical (unpaired) electrons. The first kappa shape index (κ1) is 16.5. The first-order valence-corrected chi connectivity index (χ1v) is 6.70. The number of hydrogen-bond donors (Lipinski definition) is 3. The summed E-state index contributed by atoms with van der Waals surface area (Å²) in [6.07, 6.45) is 2.48. The van der Waals surface area contributed by atoms with E-state index in [4.69, 9.17) is 0 Å². The van der Waals surface area contributed by atoms with Crippen LogP contribution in [0, 0.1) is 17.6 Å². The largest absolute Gasteiger partial charge is 0.396 e. The highest BCUT2D eigenvalue weighted by molar-refractivity contribution is 5.25. The van der Waals surface area contributed by atoms with Crippen molar-refractivity contribution < 1.29 is 24.1 Å². The van der Waals surface area contributed by atoms with Gasteiger partial charge in [0.15, 0.2) is 0 Å². The van der Waals surface area contributed by atoms with Gasteiger partial charge in [-0.3, -0.25) is 0 Å². The predicted octanol–water partition coefficient (Wildman–Crippen LogP) is 0.435. The highest BCUT2D eigenvalue weighted by atomic mass is 19.1. The Hall–Kier alpha value is -1.90. The zero-order chi connectivity index (χ0) is 16.2. The van der Waals surface area contributed by atoms with Gasteiger partial charge in [0.25, 0.3) is 0 Å². The van der Waals surface area contributed by atoms with Gasteiger partial charge < -0.3 is 15.3 Å². The van der Waals surface area contributed by atoms with Gasteiger partial charge in [0.2, 0.25) is 0 Å². The highest BCUT2D eigenvalue weighted by Crippen LogP contribution is 2.32. The van der Waals surface area contributed by atoms with Crippen LogP contribution in [0.5, 0.6) is 0 Å². The molecule has 0 unspecified atom stereocenters. The minimum atomic E-state index is -1.78. The molecule has 0 aliphatic rings. The van der Waals surface area contributed by atoms with Crippen molar-refractivity contribution in [1.29, 1.82) is 0 Å². The van der Waals surface area contributed by atoms with E-state index in [0.29, 0.717) is 6.07 Å². The van der Waals surface area contributed by atoms with Crippen LogP contribution in [-0.4, -0.2) is 43.3 Å². The zero-order valence-electron chi connectivity index (χ0n) is 11.7. The Morgan fingerprint density at radius 2 is 1.95 bits per heavy atom. The van der Waals surface area contributed by atoms with E-state index in [0.717, 1.165) is 12.1 Å². The summed E-state index contributed by atoms with van der Waals surface area (Å²) in [4.78, 5) is 3.74. The SMILES string of the molecule is OCC(CO)C[C@](O)(Cn1cncn1)c1ccc(F)cc1F. The minimum absolute atomic E-state index is 0.123. The standard InChI is InChI=1S/C14H17F2N3O3/c15-11-1-2-12(13(16)3-11)14(22,4-10(5-20)6-21)7-19-9-17-8-18-19/h1-3,8-10,20-22H,4-7H2/t14-/m0/s1. The molecule has 1 atom stereocenters. The molecule has 8 heteroatoms. The Labute approximate surface area is 125 Å². The van der Waals surface area contributed by atoms with Gasteiger partial charge in [-0.25, -0.2) is 18.4 Å². The third-order valence-corrected chi connectivity index (χ3v) is 3.47. The van der Waals surface area contributed by atoms with Crippen molar-refractivity contribution in [3.8, 4) is 0 Å². The van der Waals surface area contributed by atoms with Crippen LogP contribution in [0.2, 0.25) is 0 Å². The average molecular weight is 313 g/mol. The Morgan fingerprint density at radius 1 is 1.23 bits per heavy atom. The maximum Gasteiger partial charge on any atom is 0.137 e. The number of aliphatic hydroxyl groups excluding tert-OH is 2. The second-order valence-corrected chi connectivity index (χ2v) is 5.18. The van der Waals surface area contributed by atoms with E-state index in [1.807, 2.05) is 0 Å². The second kappa shape index (κ2) is 6.91. The number of halogens is 2. The Kier molecular flexibility index (Phi) is 5.17. The summed E-state index contributed by atoms with van der Waals surface area (Å²) in [5.74, 6) is -2.32. The molecule has 0 spiro atoms. The lowest BCUT2D eigenvalue weighted by molar-refractivity contribution is -0.0283. The molecule has 2 rings (SSSR count). The van der Waals surface area contributed by atoms with Crippen molar-refractivity contribution in [2.24, 2.45) is 5.92 Å². The molecule has 0 fully saturated rings. The molecule has 0 amide bonds. The van der Waals surface area contributed by atoms with Crippen molar-refractivity contribution in [1.82, 2.24) is 14.8 Å². The van der Waals surface area contributed by atoms with Crippen LogP contribution in [0.4, 0.5) is 8.78 Å². The van der Waals surface area contributed by atoms with Crippen LogP contribution in [0.15, 0.2) is 30.9 Å². The maximum absolute atomic E-state index is 14.1. The smallest absolute Gasteiger partial charge is 0.137 e. The third kappa shape index (κ3) is 3.65. The van der Waals surface area contributed by atoms with E-state index < -0.39 is 23.2 Å². The maximum atomic E-state index is 14.1. The lowest BCUT2D eigenvalue weighted by Crippen LogP contribution is -2.36. The molecular formula is C14H17F2N3O3. The molecule has 1 aromatic heterocycles. The molecule has 2 aromatic rings. The minimum Gasteiger partial charge on any atom is -0.396 e. The van der Waals surface area contributed by atoms with Gasteiger partial charge in [0.05, 0.1) is 6.54 Å². The van der Waals surface area contributed by atoms with Crippen LogP contribution in [0.3, 0.4) is 0 Å². The molecular weight excluding hydrogens is 296 g/mol. The summed E-state index contributed by atoms with van der Waals surface area (Å²) in [7, 11) is 0. The average Bonchev–Trinajstić information content (AvgIpc) is 2.97. The molecule has 3 N–H and O–H groups in total. The molecule has 120 valence electrons. The van der Waals surface area contributed by atoms with Crippen molar-refractivity contribution in [3.63, 3.8) is 0 Å². The van der Waals surface area contributed by atoms with E-state index in [1.54, 1.807) is 0 Å². The van der Waals surface area contributed by atoms with E-state index in [9.17, 15) is 24.1 Å². The number of benzene rings is 1. The Balaban J connectivity index is 2.39. The molecule has 0 aliphatic carbocycles. The van der Waals surface area contributed by atoms with Crippen LogP contribution >= 0.6 is 0 Å². The fourth-order valence-electron chi connectivity index (χ4n) is 2.37. The molecule has 0 bridgehead atoms. The summed E-state index contributed by atoms with van der Waals surface area (Å²) >= 11 is 0. The number of nitrogens with zero attached hydrogens (tertiary/aromatic N) is 3. The molecule has 0 saturated carbocycles. The van der Waals surface area contributed by atoms with Gasteiger partial charge in [-0.05, 0) is 12.5 Å². The quantitative estimate of drug-likeness (QED) is 0.690. The number of rotatable bonds is 7. The van der Waals surface area contributed by atoms with Gasteiger partial charge in [0.1, 0.15) is 29.9 Å². The van der Waals surface area contributed by atoms with Crippen LogP contribution < -0.4 is 0 Å². The summed E-state index contributed by atoms with van der Waals surface area (Å²) < 4.78 is 28.4. The molecule has 22 heavy (non-hydrogen) atoms. The van der Waals surface area contributed by atoms with Crippen molar-refractivity contribution in [2.45, 2.75) is 18.6 Å². The van der Waals surface area contributed by atoms with E-state index in [1.165, 1.54) is 17.3 Å². The van der Waals surface area contributed by atoms with Gasteiger partial charge in [0, 0.05) is 30.8 Å². The predicted molar refractivity (Wildman–Crippen MR) is 72.6 cm³/mol. The lowest BCUT2D eigenvalue weighted by atomic mass is 9.84. The van der Waals surface area contributed by atoms with Crippen molar-refractivity contribution in [3.05, 3.63) is 48.1 Å². The normalized spacial score (nSPS) is 14.3. The van der Waals surface area contributed by atoms with E-state index >= 15 is 0 Å². The number of hydrogen-bond acceptors (Lipinski definition) is 5. The second-order valence-electron chi connectivity index (χ2n) is 5.18. The zero-order valence-corrected chi connectivity index (χ0v) is 11.7. The summed E-state index contributed by atoms with van der Waals surface area (Å²) in [5.41, 5.74) is -1.90. The van der Waals surface area contributed by atoms with Gasteiger partial charge >= 0.3 is 0 Å². The molecule has 0 aliphatic heterocycles. The molecule has 6 nitrogen and oxygen atoms in total. The first-order valence-electron chi connectivity index (χ1n) is 6.70. The topological polar surface area (TPSA) is 91.4 Å².